The van der Waals surface area contributed by atoms with Gasteiger partial charge in [-0.3, -0.25) is 4.79 Å². The molecule has 0 aliphatic carbocycles. The second-order valence-electron chi connectivity index (χ2n) is 6.81. The molecule has 1 aromatic carbocycles. The number of carbonyl (C=O) groups excluding carboxylic acids is 1. The van der Waals surface area contributed by atoms with Gasteiger partial charge in [0.25, 0.3) is 0 Å². The highest BCUT2D eigenvalue weighted by Gasteiger charge is 2.26. The average Bonchev–Trinajstić information content (AvgIpc) is 3.32. The number of para-hydroxylation sites is 1. The van der Waals surface area contributed by atoms with Gasteiger partial charge in [0.05, 0.1) is 12.1 Å². The highest BCUT2D eigenvalue weighted by atomic mass is 32.1. The molecule has 3 heterocycles. The van der Waals surface area contributed by atoms with Gasteiger partial charge in [0.1, 0.15) is 11.9 Å². The summed E-state index contributed by atoms with van der Waals surface area (Å²) in [6, 6.07) is 11.9. The van der Waals surface area contributed by atoms with Crippen molar-refractivity contribution in [2.75, 3.05) is 6.54 Å². The summed E-state index contributed by atoms with van der Waals surface area (Å²) < 4.78 is 6.16. The minimum absolute atomic E-state index is 0.0962. The number of hydrogen-bond donors (Lipinski definition) is 1. The second-order valence-corrected chi connectivity index (χ2v) is 7.79. The number of thiophene rings is 1. The maximum atomic E-state index is 12.1. The van der Waals surface area contributed by atoms with Crippen molar-refractivity contribution >= 4 is 23.3 Å². The van der Waals surface area contributed by atoms with E-state index >= 15 is 0 Å². The minimum Gasteiger partial charge on any atom is -0.487 e. The number of nitrogens with one attached hydrogen (secondary N) is 1. The van der Waals surface area contributed by atoms with Crippen LogP contribution >= 0.6 is 11.3 Å². The van der Waals surface area contributed by atoms with Crippen LogP contribution in [0, 0.1) is 13.8 Å². The van der Waals surface area contributed by atoms with Crippen molar-refractivity contribution < 1.29 is 9.53 Å². The summed E-state index contributed by atoms with van der Waals surface area (Å²) in [7, 11) is 0. The van der Waals surface area contributed by atoms with Crippen molar-refractivity contribution in [2.45, 2.75) is 26.4 Å². The summed E-state index contributed by atoms with van der Waals surface area (Å²) >= 11 is 1.60. The number of rotatable bonds is 5. The van der Waals surface area contributed by atoms with Crippen LogP contribution in [0.3, 0.4) is 0 Å². The second kappa shape index (κ2) is 7.94. The van der Waals surface area contributed by atoms with Crippen LogP contribution in [0.15, 0.2) is 47.9 Å². The summed E-state index contributed by atoms with van der Waals surface area (Å²) in [5.41, 5.74) is 3.88. The molecule has 142 valence electrons. The molecule has 28 heavy (non-hydrogen) atoms. The molecule has 0 spiro atoms. The molecule has 3 aromatic rings. The molecule has 4 rings (SSSR count). The lowest BCUT2D eigenvalue weighted by Gasteiger charge is -2.13. The maximum Gasteiger partial charge on any atom is 0.244 e. The fourth-order valence-corrected chi connectivity index (χ4v) is 3.91. The van der Waals surface area contributed by atoms with E-state index in [4.69, 9.17) is 4.74 Å². The van der Waals surface area contributed by atoms with Crippen molar-refractivity contribution in [1.29, 1.82) is 0 Å². The van der Waals surface area contributed by atoms with E-state index in [1.165, 1.54) is 0 Å². The van der Waals surface area contributed by atoms with Crippen LogP contribution in [0.2, 0.25) is 0 Å². The fraction of sp³-hybridized carbons (Fsp3) is 0.227. The summed E-state index contributed by atoms with van der Waals surface area (Å²) in [6.45, 7) is 4.38. The zero-order chi connectivity index (χ0) is 19.5. The number of ether oxygens (including phenoxy) is 1. The van der Waals surface area contributed by atoms with Gasteiger partial charge in [-0.2, -0.15) is 0 Å². The first-order chi connectivity index (χ1) is 13.6. The van der Waals surface area contributed by atoms with E-state index in [1.54, 1.807) is 17.4 Å². The molecular formula is C22H21N3O2S. The third-order valence-corrected chi connectivity index (χ3v) is 5.34. The first kappa shape index (κ1) is 18.4. The quantitative estimate of drug-likeness (QED) is 0.669. The Bertz CT molecular complexity index is 1010. The number of nitrogens with zero attached hydrogens (tertiary/aromatic N) is 2. The molecule has 0 bridgehead atoms. The van der Waals surface area contributed by atoms with Gasteiger partial charge in [-0.15, -0.1) is 11.3 Å². The van der Waals surface area contributed by atoms with Crippen LogP contribution in [0.5, 0.6) is 5.75 Å². The zero-order valence-corrected chi connectivity index (χ0v) is 16.6. The predicted molar refractivity (Wildman–Crippen MR) is 111 cm³/mol. The van der Waals surface area contributed by atoms with Gasteiger partial charge in [-0.1, -0.05) is 18.2 Å². The summed E-state index contributed by atoms with van der Waals surface area (Å²) in [5.74, 6) is 1.38. The van der Waals surface area contributed by atoms with Gasteiger partial charge in [0.15, 0.2) is 5.82 Å². The van der Waals surface area contributed by atoms with E-state index < -0.39 is 0 Å². The third-order valence-electron chi connectivity index (χ3n) is 4.50. The number of aryl methyl sites for hydroxylation is 2. The van der Waals surface area contributed by atoms with Crippen LogP contribution in [-0.2, 0) is 11.2 Å². The molecule has 2 aromatic heterocycles. The van der Waals surface area contributed by atoms with Gasteiger partial charge >= 0.3 is 0 Å². The maximum absolute atomic E-state index is 12.1. The van der Waals surface area contributed by atoms with Crippen LogP contribution in [0.4, 0.5) is 0 Å². The lowest BCUT2D eigenvalue weighted by molar-refractivity contribution is -0.116. The smallest absolute Gasteiger partial charge is 0.244 e. The van der Waals surface area contributed by atoms with Gasteiger partial charge in [-0.25, -0.2) is 9.97 Å². The Labute approximate surface area is 168 Å². The average molecular weight is 391 g/mol. The molecule has 1 unspecified atom stereocenters. The zero-order valence-electron chi connectivity index (χ0n) is 15.8. The summed E-state index contributed by atoms with van der Waals surface area (Å²) in [4.78, 5) is 22.2. The molecule has 5 nitrogen and oxygen atoms in total. The van der Waals surface area contributed by atoms with E-state index in [0.717, 1.165) is 39.6 Å². The van der Waals surface area contributed by atoms with E-state index in [-0.39, 0.29) is 12.0 Å². The molecule has 0 fully saturated rings. The highest BCUT2D eigenvalue weighted by Crippen LogP contribution is 2.37. The number of benzene rings is 1. The molecule has 0 saturated heterocycles. The van der Waals surface area contributed by atoms with Crippen LogP contribution in [0.1, 0.15) is 21.8 Å². The molecule has 6 heteroatoms. The molecule has 1 amide bonds. The molecule has 1 N–H and O–H groups in total. The van der Waals surface area contributed by atoms with Gasteiger partial charge < -0.3 is 10.1 Å². The Kier molecular flexibility index (Phi) is 5.21. The Morgan fingerprint density at radius 1 is 1.25 bits per heavy atom. The molecule has 0 saturated carbocycles. The fourth-order valence-electron chi connectivity index (χ4n) is 3.29. The van der Waals surface area contributed by atoms with Crippen molar-refractivity contribution in [3.8, 4) is 17.1 Å². The summed E-state index contributed by atoms with van der Waals surface area (Å²) in [6.07, 6.45) is 4.03. The Morgan fingerprint density at radius 3 is 2.82 bits per heavy atom. The SMILES string of the molecule is Cc1cc(C)nc(-c2cccc3c2OC(CNC(=O)C=Cc2cccs2)C3)n1. The van der Waals surface area contributed by atoms with Gasteiger partial charge in [0.2, 0.25) is 5.91 Å². The van der Waals surface area contributed by atoms with E-state index in [9.17, 15) is 4.79 Å². The van der Waals surface area contributed by atoms with Gasteiger partial charge in [-0.05, 0) is 49.1 Å². The van der Waals surface area contributed by atoms with E-state index in [1.807, 2.05) is 55.6 Å². The molecular weight excluding hydrogens is 370 g/mol. The Balaban J connectivity index is 1.43. The topological polar surface area (TPSA) is 64.1 Å². The van der Waals surface area contributed by atoms with Gasteiger partial charge in [0, 0.05) is 28.8 Å². The monoisotopic (exact) mass is 391 g/mol. The van der Waals surface area contributed by atoms with Crippen molar-refractivity contribution in [1.82, 2.24) is 15.3 Å². The summed E-state index contributed by atoms with van der Waals surface area (Å²) in [5, 5.41) is 4.91. The first-order valence-corrected chi connectivity index (χ1v) is 10.1. The number of aromatic nitrogens is 2. The Hall–Kier alpha value is -2.99. The largest absolute Gasteiger partial charge is 0.487 e. The molecule has 0 radical (unpaired) electrons. The van der Waals surface area contributed by atoms with Crippen molar-refractivity contribution in [3.63, 3.8) is 0 Å². The molecule has 1 aliphatic rings. The van der Waals surface area contributed by atoms with Crippen molar-refractivity contribution in [2.24, 2.45) is 0 Å². The van der Waals surface area contributed by atoms with Crippen molar-refractivity contribution in [3.05, 3.63) is 69.7 Å². The standard InChI is InChI=1S/C22H21N3O2S/c1-14-11-15(2)25-22(24-14)19-7-3-5-16-12-17(27-21(16)19)13-23-20(26)9-8-18-6-4-10-28-18/h3-11,17H,12-13H2,1-2H3,(H,23,26). The van der Waals surface area contributed by atoms with Crippen LogP contribution in [-0.4, -0.2) is 28.5 Å². The number of hydrogen-bond acceptors (Lipinski definition) is 5. The van der Waals surface area contributed by atoms with Crippen LogP contribution < -0.4 is 10.1 Å². The van der Waals surface area contributed by atoms with Crippen LogP contribution in [0.25, 0.3) is 17.5 Å². The predicted octanol–water partition coefficient (Wildman–Crippen LogP) is 3.96. The normalized spacial score (nSPS) is 15.4. The number of carbonyl (C=O) groups is 1. The number of amides is 1. The third kappa shape index (κ3) is 4.12. The first-order valence-electron chi connectivity index (χ1n) is 9.19. The minimum atomic E-state index is -0.120. The molecule has 1 aliphatic heterocycles. The molecule has 1 atom stereocenters. The van der Waals surface area contributed by atoms with E-state index in [0.29, 0.717) is 12.4 Å². The highest BCUT2D eigenvalue weighted by molar-refractivity contribution is 7.10. The Morgan fingerprint density at radius 2 is 2.07 bits per heavy atom. The lowest BCUT2D eigenvalue weighted by atomic mass is 10.1. The lowest BCUT2D eigenvalue weighted by Crippen LogP contribution is -2.33. The van der Waals surface area contributed by atoms with E-state index in [2.05, 4.69) is 21.4 Å². The number of fused-ring (bicyclic) bond motifs is 1.